The zero-order valence-electron chi connectivity index (χ0n) is 9.42. The van der Waals surface area contributed by atoms with E-state index >= 15 is 0 Å². The minimum Gasteiger partial charge on any atom is -0.370 e. The fraction of sp³-hybridized carbons (Fsp3) is 0.727. The number of hydrogen-bond donors (Lipinski definition) is 3. The molecular weight excluding hydrogens is 206 g/mol. The molecule has 0 bridgehead atoms. The molecular formula is C11H19N3O2. The first-order chi connectivity index (χ1) is 7.58. The number of carbonyl (C=O) groups excluding carboxylic acids is 2. The van der Waals surface area contributed by atoms with Gasteiger partial charge in [-0.1, -0.05) is 6.42 Å². The van der Waals surface area contributed by atoms with E-state index in [1.165, 1.54) is 12.6 Å². The lowest BCUT2D eigenvalue weighted by Crippen LogP contribution is -2.36. The van der Waals surface area contributed by atoms with Gasteiger partial charge in [-0.05, 0) is 19.3 Å². The highest BCUT2D eigenvalue weighted by atomic mass is 16.2. The van der Waals surface area contributed by atoms with Crippen LogP contribution in [-0.2, 0) is 9.59 Å². The minimum absolute atomic E-state index is 0.0248. The summed E-state index contributed by atoms with van der Waals surface area (Å²) in [7, 11) is 0. The molecule has 5 nitrogen and oxygen atoms in total. The largest absolute Gasteiger partial charge is 0.370 e. The molecule has 4 N–H and O–H groups in total. The van der Waals surface area contributed by atoms with Crippen LogP contribution in [0, 0.1) is 10.8 Å². The second-order valence-electron chi connectivity index (χ2n) is 4.43. The Hall–Kier alpha value is -1.39. The molecule has 1 saturated carbocycles. The molecule has 0 atom stereocenters. The molecule has 0 spiro atoms. The molecule has 0 unspecified atom stereocenters. The van der Waals surface area contributed by atoms with Crippen LogP contribution in [0.4, 0.5) is 0 Å². The number of nitrogens with two attached hydrogens (primary N) is 1. The summed E-state index contributed by atoms with van der Waals surface area (Å²) in [5.41, 5.74) is 4.97. The molecule has 1 aliphatic rings. The van der Waals surface area contributed by atoms with Crippen LogP contribution in [0.5, 0.6) is 0 Å². The predicted molar refractivity (Wildman–Crippen MR) is 61.1 cm³/mol. The quantitative estimate of drug-likeness (QED) is 0.552. The summed E-state index contributed by atoms with van der Waals surface area (Å²) in [5.74, 6) is -0.594. The van der Waals surface area contributed by atoms with Crippen molar-refractivity contribution in [3.8, 4) is 0 Å². The summed E-state index contributed by atoms with van der Waals surface area (Å²) in [5, 5.41) is 10.1. The Morgan fingerprint density at radius 3 is 2.50 bits per heavy atom. The van der Waals surface area contributed by atoms with Crippen LogP contribution < -0.4 is 11.1 Å². The second-order valence-corrected chi connectivity index (χ2v) is 4.43. The highest BCUT2D eigenvalue weighted by Gasteiger charge is 2.34. The Balaban J connectivity index is 2.12. The summed E-state index contributed by atoms with van der Waals surface area (Å²) in [6.45, 7) is 0.576. The third-order valence-electron chi connectivity index (χ3n) is 3.20. The number of carbonyl (C=O) groups is 2. The van der Waals surface area contributed by atoms with Crippen LogP contribution in [0.25, 0.3) is 0 Å². The number of primary amides is 1. The molecule has 16 heavy (non-hydrogen) atoms. The van der Waals surface area contributed by atoms with Gasteiger partial charge in [-0.2, -0.15) is 0 Å². The van der Waals surface area contributed by atoms with Gasteiger partial charge in [-0.3, -0.25) is 9.59 Å². The maximum atomic E-state index is 11.3. The van der Waals surface area contributed by atoms with Gasteiger partial charge in [0.25, 0.3) is 0 Å². The Bertz CT molecular complexity index is 285. The predicted octanol–water partition coefficient (Wildman–Crippen LogP) is 0.578. The Labute approximate surface area is 95.3 Å². The number of amides is 2. The van der Waals surface area contributed by atoms with Crippen LogP contribution in [0.15, 0.2) is 0 Å². The first-order valence-electron chi connectivity index (χ1n) is 5.65. The molecule has 0 aromatic heterocycles. The van der Waals surface area contributed by atoms with Crippen molar-refractivity contribution in [1.82, 2.24) is 5.32 Å². The SMILES string of the molecule is N=CC1(CCNC(=O)CCC(N)=O)CCC1. The van der Waals surface area contributed by atoms with Crippen molar-refractivity contribution in [3.63, 3.8) is 0 Å². The van der Waals surface area contributed by atoms with Crippen LogP contribution >= 0.6 is 0 Å². The van der Waals surface area contributed by atoms with Crippen molar-refractivity contribution in [1.29, 1.82) is 5.41 Å². The van der Waals surface area contributed by atoms with E-state index in [-0.39, 0.29) is 24.2 Å². The van der Waals surface area contributed by atoms with E-state index in [0.29, 0.717) is 6.54 Å². The zero-order chi connectivity index (χ0) is 12.0. The lowest BCUT2D eigenvalue weighted by Gasteiger charge is -2.38. The molecule has 2 amide bonds. The monoisotopic (exact) mass is 225 g/mol. The zero-order valence-corrected chi connectivity index (χ0v) is 9.42. The standard InChI is InChI=1S/C11H19N3O2/c12-8-11(4-1-5-11)6-7-14-10(16)3-2-9(13)15/h8,12H,1-7H2,(H2,13,15)(H,14,16). The van der Waals surface area contributed by atoms with Gasteiger partial charge in [-0.25, -0.2) is 0 Å². The summed E-state index contributed by atoms with van der Waals surface area (Å²) < 4.78 is 0. The summed E-state index contributed by atoms with van der Waals surface area (Å²) >= 11 is 0. The fourth-order valence-electron chi connectivity index (χ4n) is 1.87. The van der Waals surface area contributed by atoms with E-state index in [1.807, 2.05) is 0 Å². The molecule has 0 radical (unpaired) electrons. The first kappa shape index (κ1) is 12.7. The van der Waals surface area contributed by atoms with E-state index in [2.05, 4.69) is 5.32 Å². The van der Waals surface area contributed by atoms with Gasteiger partial charge in [-0.15, -0.1) is 0 Å². The second kappa shape index (κ2) is 5.63. The summed E-state index contributed by atoms with van der Waals surface area (Å²) in [4.78, 5) is 21.7. The lowest BCUT2D eigenvalue weighted by molar-refractivity contribution is -0.125. The van der Waals surface area contributed by atoms with Gasteiger partial charge in [0, 0.05) is 31.0 Å². The van der Waals surface area contributed by atoms with Gasteiger partial charge in [0.2, 0.25) is 11.8 Å². The molecule has 0 heterocycles. The van der Waals surface area contributed by atoms with Crippen LogP contribution in [-0.4, -0.2) is 24.6 Å². The topological polar surface area (TPSA) is 96.0 Å². The maximum absolute atomic E-state index is 11.3. The number of rotatable bonds is 7. The van der Waals surface area contributed by atoms with Gasteiger partial charge >= 0.3 is 0 Å². The van der Waals surface area contributed by atoms with Crippen molar-refractivity contribution in [3.05, 3.63) is 0 Å². The Morgan fingerprint density at radius 2 is 2.06 bits per heavy atom. The number of hydrogen-bond acceptors (Lipinski definition) is 3. The van der Waals surface area contributed by atoms with E-state index in [9.17, 15) is 9.59 Å². The van der Waals surface area contributed by atoms with E-state index in [0.717, 1.165) is 19.3 Å². The average molecular weight is 225 g/mol. The van der Waals surface area contributed by atoms with E-state index in [4.69, 9.17) is 11.1 Å². The van der Waals surface area contributed by atoms with Crippen molar-refractivity contribution in [2.45, 2.75) is 38.5 Å². The molecule has 0 saturated heterocycles. The van der Waals surface area contributed by atoms with Gasteiger partial charge < -0.3 is 16.5 Å². The Morgan fingerprint density at radius 1 is 1.38 bits per heavy atom. The maximum Gasteiger partial charge on any atom is 0.220 e. The molecule has 90 valence electrons. The molecule has 1 aliphatic carbocycles. The lowest BCUT2D eigenvalue weighted by atomic mass is 9.67. The molecule has 0 aromatic rings. The highest BCUT2D eigenvalue weighted by molar-refractivity contribution is 5.82. The normalized spacial score (nSPS) is 17.2. The third-order valence-corrected chi connectivity index (χ3v) is 3.20. The van der Waals surface area contributed by atoms with Gasteiger partial charge in [0.15, 0.2) is 0 Å². The average Bonchev–Trinajstić information content (AvgIpc) is 2.19. The summed E-state index contributed by atoms with van der Waals surface area (Å²) in [6.07, 6.45) is 5.85. The Kier molecular flexibility index (Phi) is 4.46. The van der Waals surface area contributed by atoms with Crippen molar-refractivity contribution in [2.24, 2.45) is 11.1 Å². The molecule has 0 aliphatic heterocycles. The number of nitrogens with one attached hydrogen (secondary N) is 2. The third kappa shape index (κ3) is 3.64. The van der Waals surface area contributed by atoms with Gasteiger partial charge in [0.1, 0.15) is 0 Å². The summed E-state index contributed by atoms with van der Waals surface area (Å²) in [6, 6.07) is 0. The van der Waals surface area contributed by atoms with Crippen molar-refractivity contribution >= 4 is 18.0 Å². The minimum atomic E-state index is -0.454. The molecule has 5 heteroatoms. The molecule has 1 rings (SSSR count). The van der Waals surface area contributed by atoms with Gasteiger partial charge in [0.05, 0.1) is 0 Å². The molecule has 0 aromatic carbocycles. The van der Waals surface area contributed by atoms with Crippen molar-refractivity contribution in [2.75, 3.05) is 6.54 Å². The smallest absolute Gasteiger partial charge is 0.220 e. The highest BCUT2D eigenvalue weighted by Crippen LogP contribution is 2.41. The van der Waals surface area contributed by atoms with Crippen LogP contribution in [0.3, 0.4) is 0 Å². The van der Waals surface area contributed by atoms with E-state index < -0.39 is 5.91 Å². The van der Waals surface area contributed by atoms with Crippen molar-refractivity contribution < 1.29 is 9.59 Å². The van der Waals surface area contributed by atoms with E-state index in [1.54, 1.807) is 0 Å². The fourth-order valence-corrected chi connectivity index (χ4v) is 1.87. The van der Waals surface area contributed by atoms with Crippen LogP contribution in [0.1, 0.15) is 38.5 Å². The molecule has 1 fully saturated rings. The van der Waals surface area contributed by atoms with Crippen LogP contribution in [0.2, 0.25) is 0 Å². The first-order valence-corrected chi connectivity index (χ1v) is 5.65.